The Bertz CT molecular complexity index is 316. The molecule has 1 saturated heterocycles. The van der Waals surface area contributed by atoms with E-state index in [0.717, 1.165) is 12.3 Å². The van der Waals surface area contributed by atoms with Gasteiger partial charge in [0.25, 0.3) is 0 Å². The van der Waals surface area contributed by atoms with Crippen LogP contribution in [-0.2, 0) is 6.54 Å². The van der Waals surface area contributed by atoms with Gasteiger partial charge < -0.3 is 4.90 Å². The molecule has 2 nitrogen and oxygen atoms in total. The predicted octanol–water partition coefficient (Wildman–Crippen LogP) is 2.97. The maximum Gasteiger partial charge on any atom is 0.0234 e. The molecule has 19 heavy (non-hydrogen) atoms. The van der Waals surface area contributed by atoms with Crippen molar-refractivity contribution in [2.24, 2.45) is 0 Å². The third-order valence-electron chi connectivity index (χ3n) is 3.35. The van der Waals surface area contributed by atoms with Crippen LogP contribution in [0.2, 0.25) is 0 Å². The topological polar surface area (TPSA) is 6.48 Å². The van der Waals surface area contributed by atoms with Gasteiger partial charge in [0.1, 0.15) is 0 Å². The normalized spacial score (nSPS) is 16.5. The highest BCUT2D eigenvalue weighted by Crippen LogP contribution is 2.08. The molecule has 1 heterocycles. The summed E-state index contributed by atoms with van der Waals surface area (Å²) >= 11 is 4.27. The van der Waals surface area contributed by atoms with Crippen LogP contribution < -0.4 is 0 Å². The van der Waals surface area contributed by atoms with Crippen LogP contribution in [0.25, 0.3) is 0 Å². The molecular weight excluding hydrogens is 299 g/mol. The second kappa shape index (κ2) is 10.8. The fourth-order valence-corrected chi connectivity index (χ4v) is 2.45. The highest BCUT2D eigenvalue weighted by Gasteiger charge is 2.15. The zero-order valence-electron chi connectivity index (χ0n) is 11.2. The van der Waals surface area contributed by atoms with Crippen molar-refractivity contribution >= 4 is 37.4 Å². The predicted molar refractivity (Wildman–Crippen MR) is 91.1 cm³/mol. The third-order valence-corrected chi connectivity index (χ3v) is 3.66. The molecule has 0 unspecified atom stereocenters. The van der Waals surface area contributed by atoms with Crippen molar-refractivity contribution in [1.82, 2.24) is 9.80 Å². The lowest BCUT2D eigenvalue weighted by Gasteiger charge is -2.34. The maximum atomic E-state index is 4.27. The number of piperazine rings is 1. The fraction of sp³-hybridized carbons (Fsp3) is 0.571. The SMILES string of the molecule is Cl.Cl.SCCCN1CCN(Cc2ccccc2)CC1. The van der Waals surface area contributed by atoms with Gasteiger partial charge >= 0.3 is 0 Å². The minimum atomic E-state index is 0. The molecule has 1 aromatic carbocycles. The Morgan fingerprint density at radius 2 is 1.47 bits per heavy atom. The minimum Gasteiger partial charge on any atom is -0.301 e. The number of hydrogen-bond donors (Lipinski definition) is 1. The molecular formula is C14H24Cl2N2S. The molecule has 0 atom stereocenters. The standard InChI is InChI=1S/C14H22N2S.2ClH/c17-12-4-7-15-8-10-16(11-9-15)13-14-5-2-1-3-6-14;;/h1-3,5-6,17H,4,7-13H2;2*1H. The van der Waals surface area contributed by atoms with Crippen LogP contribution in [0.5, 0.6) is 0 Å². The molecule has 0 aliphatic carbocycles. The van der Waals surface area contributed by atoms with Gasteiger partial charge in [0.05, 0.1) is 0 Å². The van der Waals surface area contributed by atoms with E-state index in [1.165, 1.54) is 44.7 Å². The van der Waals surface area contributed by atoms with E-state index in [-0.39, 0.29) is 24.8 Å². The molecule has 1 aliphatic heterocycles. The second-order valence-corrected chi connectivity index (χ2v) is 5.13. The first-order valence-corrected chi connectivity index (χ1v) is 7.11. The van der Waals surface area contributed by atoms with Crippen LogP contribution >= 0.6 is 37.4 Å². The van der Waals surface area contributed by atoms with Gasteiger partial charge in [-0.25, -0.2) is 0 Å². The zero-order chi connectivity index (χ0) is 11.9. The molecule has 0 N–H and O–H groups in total. The zero-order valence-corrected chi connectivity index (χ0v) is 13.7. The van der Waals surface area contributed by atoms with Crippen LogP contribution in [0.1, 0.15) is 12.0 Å². The molecule has 0 spiro atoms. The smallest absolute Gasteiger partial charge is 0.0234 e. The number of rotatable bonds is 5. The molecule has 1 fully saturated rings. The van der Waals surface area contributed by atoms with Gasteiger partial charge in [0, 0.05) is 32.7 Å². The van der Waals surface area contributed by atoms with Crippen LogP contribution in [0.4, 0.5) is 0 Å². The van der Waals surface area contributed by atoms with E-state index < -0.39 is 0 Å². The number of halogens is 2. The van der Waals surface area contributed by atoms with Crippen molar-refractivity contribution in [2.45, 2.75) is 13.0 Å². The average Bonchev–Trinajstić information content (AvgIpc) is 2.39. The summed E-state index contributed by atoms with van der Waals surface area (Å²) in [6.45, 7) is 7.12. The summed E-state index contributed by atoms with van der Waals surface area (Å²) < 4.78 is 0. The van der Waals surface area contributed by atoms with E-state index in [1.54, 1.807) is 0 Å². The summed E-state index contributed by atoms with van der Waals surface area (Å²) in [6.07, 6.45) is 1.21. The van der Waals surface area contributed by atoms with E-state index in [0.29, 0.717) is 0 Å². The second-order valence-electron chi connectivity index (χ2n) is 4.68. The molecule has 0 amide bonds. The Morgan fingerprint density at radius 1 is 0.895 bits per heavy atom. The van der Waals surface area contributed by atoms with Gasteiger partial charge in [-0.1, -0.05) is 30.3 Å². The van der Waals surface area contributed by atoms with Gasteiger partial charge in [-0.2, -0.15) is 12.6 Å². The van der Waals surface area contributed by atoms with Crippen molar-refractivity contribution in [3.63, 3.8) is 0 Å². The lowest BCUT2D eigenvalue weighted by Crippen LogP contribution is -2.46. The summed E-state index contributed by atoms with van der Waals surface area (Å²) in [7, 11) is 0. The number of benzene rings is 1. The molecule has 5 heteroatoms. The Balaban J connectivity index is 0.00000162. The molecule has 0 saturated carbocycles. The highest BCUT2D eigenvalue weighted by atomic mass is 35.5. The molecule has 0 bridgehead atoms. The Hall–Kier alpha value is 0.0700. The molecule has 110 valence electrons. The largest absolute Gasteiger partial charge is 0.301 e. The summed E-state index contributed by atoms with van der Waals surface area (Å²) in [6, 6.07) is 10.8. The molecule has 0 radical (unpaired) electrons. The maximum absolute atomic E-state index is 4.27. The van der Waals surface area contributed by atoms with E-state index >= 15 is 0 Å². The van der Waals surface area contributed by atoms with Crippen LogP contribution in [0.15, 0.2) is 30.3 Å². The Labute approximate surface area is 134 Å². The summed E-state index contributed by atoms with van der Waals surface area (Å²) in [5.74, 6) is 1.00. The molecule has 1 aromatic rings. The van der Waals surface area contributed by atoms with Gasteiger partial charge in [-0.05, 0) is 24.3 Å². The Morgan fingerprint density at radius 3 is 2.05 bits per heavy atom. The monoisotopic (exact) mass is 322 g/mol. The van der Waals surface area contributed by atoms with Crippen molar-refractivity contribution in [1.29, 1.82) is 0 Å². The van der Waals surface area contributed by atoms with Crippen molar-refractivity contribution < 1.29 is 0 Å². The average molecular weight is 323 g/mol. The van der Waals surface area contributed by atoms with Gasteiger partial charge in [0.15, 0.2) is 0 Å². The molecule has 1 aliphatic rings. The molecule has 0 aromatic heterocycles. The van der Waals surface area contributed by atoms with E-state index in [2.05, 4.69) is 52.8 Å². The first kappa shape index (κ1) is 19.1. The highest BCUT2D eigenvalue weighted by molar-refractivity contribution is 7.80. The van der Waals surface area contributed by atoms with Crippen molar-refractivity contribution in [2.75, 3.05) is 38.5 Å². The van der Waals surface area contributed by atoms with Gasteiger partial charge in [-0.3, -0.25) is 4.90 Å². The summed E-state index contributed by atoms with van der Waals surface area (Å²) in [5, 5.41) is 0. The lowest BCUT2D eigenvalue weighted by molar-refractivity contribution is 0.127. The van der Waals surface area contributed by atoms with E-state index in [1.807, 2.05) is 0 Å². The summed E-state index contributed by atoms with van der Waals surface area (Å²) in [5.41, 5.74) is 1.43. The van der Waals surface area contributed by atoms with E-state index in [4.69, 9.17) is 0 Å². The Kier molecular flexibility index (Phi) is 10.8. The van der Waals surface area contributed by atoms with Gasteiger partial charge in [-0.15, -0.1) is 24.8 Å². The van der Waals surface area contributed by atoms with Crippen LogP contribution in [0, 0.1) is 0 Å². The minimum absolute atomic E-state index is 0. The number of thiol groups is 1. The molecule has 2 rings (SSSR count). The van der Waals surface area contributed by atoms with Gasteiger partial charge in [0.2, 0.25) is 0 Å². The number of nitrogens with zero attached hydrogens (tertiary/aromatic N) is 2. The van der Waals surface area contributed by atoms with Crippen molar-refractivity contribution in [3.05, 3.63) is 35.9 Å². The summed E-state index contributed by atoms with van der Waals surface area (Å²) in [4.78, 5) is 5.10. The fourth-order valence-electron chi connectivity index (χ4n) is 2.31. The first-order chi connectivity index (χ1) is 8.38. The third kappa shape index (κ3) is 6.87. The quantitative estimate of drug-likeness (QED) is 0.833. The lowest BCUT2D eigenvalue weighted by atomic mass is 10.2. The van der Waals surface area contributed by atoms with Crippen LogP contribution in [-0.4, -0.2) is 48.3 Å². The van der Waals surface area contributed by atoms with Crippen LogP contribution in [0.3, 0.4) is 0 Å². The number of hydrogen-bond acceptors (Lipinski definition) is 3. The van der Waals surface area contributed by atoms with E-state index in [9.17, 15) is 0 Å². The first-order valence-electron chi connectivity index (χ1n) is 6.48. The van der Waals surface area contributed by atoms with Crippen molar-refractivity contribution in [3.8, 4) is 0 Å².